The van der Waals surface area contributed by atoms with Crippen molar-refractivity contribution in [2.75, 3.05) is 0 Å². The first-order valence-corrected chi connectivity index (χ1v) is 4.33. The Bertz CT molecular complexity index is 299. The average molecular weight is 203 g/mol. The lowest BCUT2D eigenvalue weighted by atomic mass is 9.93. The van der Waals surface area contributed by atoms with E-state index in [1.807, 2.05) is 6.92 Å². The Hall–Kier alpha value is -0.520. The molecule has 0 saturated carbocycles. The maximum atomic E-state index is 8.74. The van der Waals surface area contributed by atoms with Crippen molar-refractivity contribution in [3.8, 4) is 6.07 Å². The molecule has 2 nitrogen and oxygen atoms in total. The van der Waals surface area contributed by atoms with E-state index < -0.39 is 0 Å². The number of aliphatic imine (C=N–C) groups is 1. The van der Waals surface area contributed by atoms with Crippen molar-refractivity contribution in [2.24, 2.45) is 16.8 Å². The van der Waals surface area contributed by atoms with Crippen molar-refractivity contribution < 1.29 is 0 Å². The van der Waals surface area contributed by atoms with E-state index in [4.69, 9.17) is 28.5 Å². The molecule has 0 fully saturated rings. The molecule has 0 amide bonds. The van der Waals surface area contributed by atoms with Gasteiger partial charge in [-0.15, -0.1) is 0 Å². The third-order valence-electron chi connectivity index (χ3n) is 1.92. The Morgan fingerprint density at radius 2 is 2.08 bits per heavy atom. The second-order valence-electron chi connectivity index (χ2n) is 2.76. The fourth-order valence-electron chi connectivity index (χ4n) is 1.13. The molecule has 4 heteroatoms. The van der Waals surface area contributed by atoms with Crippen LogP contribution in [0.1, 0.15) is 13.8 Å². The van der Waals surface area contributed by atoms with Crippen LogP contribution in [0.5, 0.6) is 0 Å². The molecule has 12 heavy (non-hydrogen) atoms. The first kappa shape index (κ1) is 9.57. The zero-order chi connectivity index (χ0) is 9.30. The van der Waals surface area contributed by atoms with Gasteiger partial charge < -0.3 is 0 Å². The number of nitriles is 1. The largest absolute Gasteiger partial charge is 0.243 e. The Kier molecular flexibility index (Phi) is 2.76. The molecule has 1 heterocycles. The molecule has 0 aromatic carbocycles. The van der Waals surface area contributed by atoms with Crippen LogP contribution in [0.25, 0.3) is 0 Å². The molecule has 0 spiro atoms. The average Bonchev–Trinajstić information content (AvgIpc) is 2.01. The lowest BCUT2D eigenvalue weighted by Gasteiger charge is -2.21. The Morgan fingerprint density at radius 1 is 1.50 bits per heavy atom. The molecule has 64 valence electrons. The van der Waals surface area contributed by atoms with Gasteiger partial charge in [0.1, 0.15) is 11.1 Å². The fourth-order valence-corrected chi connectivity index (χ4v) is 1.66. The first-order valence-electron chi connectivity index (χ1n) is 3.58. The Morgan fingerprint density at radius 3 is 2.58 bits per heavy atom. The minimum absolute atomic E-state index is 0.0401. The van der Waals surface area contributed by atoms with Gasteiger partial charge in [0.2, 0.25) is 0 Å². The van der Waals surface area contributed by atoms with Gasteiger partial charge in [0, 0.05) is 11.0 Å². The number of nitrogens with zero attached hydrogens (tertiary/aromatic N) is 2. The predicted molar refractivity (Wildman–Crippen MR) is 50.1 cm³/mol. The van der Waals surface area contributed by atoms with E-state index in [1.165, 1.54) is 0 Å². The van der Waals surface area contributed by atoms with Crippen LogP contribution in [0.4, 0.5) is 0 Å². The molecule has 0 radical (unpaired) electrons. The standard InChI is InChI=1S/C8H8Cl2N2/c1-4-6(3-11)8(10)12-5(2)7(4)9/h4,6H,1-2H3. The molecule has 2 atom stereocenters. The summed E-state index contributed by atoms with van der Waals surface area (Å²) in [7, 11) is 0. The zero-order valence-electron chi connectivity index (χ0n) is 6.81. The summed E-state index contributed by atoms with van der Waals surface area (Å²) in [5.41, 5.74) is 0.709. The monoisotopic (exact) mass is 202 g/mol. The highest BCUT2D eigenvalue weighted by molar-refractivity contribution is 6.66. The molecule has 0 bridgehead atoms. The predicted octanol–water partition coefficient (Wildman–Crippen LogP) is 2.88. The van der Waals surface area contributed by atoms with E-state index in [1.54, 1.807) is 6.92 Å². The molecule has 0 aromatic heterocycles. The topological polar surface area (TPSA) is 36.1 Å². The molecule has 0 saturated heterocycles. The van der Waals surface area contributed by atoms with Crippen molar-refractivity contribution in [1.29, 1.82) is 5.26 Å². The lowest BCUT2D eigenvalue weighted by molar-refractivity contribution is 0.628. The van der Waals surface area contributed by atoms with E-state index in [0.717, 1.165) is 0 Å². The minimum Gasteiger partial charge on any atom is -0.243 e. The van der Waals surface area contributed by atoms with Crippen LogP contribution in [0.3, 0.4) is 0 Å². The second-order valence-corrected chi connectivity index (χ2v) is 3.56. The van der Waals surface area contributed by atoms with E-state index >= 15 is 0 Å². The van der Waals surface area contributed by atoms with Crippen LogP contribution < -0.4 is 0 Å². The maximum absolute atomic E-state index is 8.74. The van der Waals surface area contributed by atoms with Crippen molar-refractivity contribution in [2.45, 2.75) is 13.8 Å². The van der Waals surface area contributed by atoms with Gasteiger partial charge in [-0.05, 0) is 6.92 Å². The van der Waals surface area contributed by atoms with Crippen molar-refractivity contribution in [1.82, 2.24) is 0 Å². The number of hydrogen-bond donors (Lipinski definition) is 0. The summed E-state index contributed by atoms with van der Waals surface area (Å²) in [6.45, 7) is 3.66. The van der Waals surface area contributed by atoms with E-state index in [-0.39, 0.29) is 11.8 Å². The molecule has 1 aliphatic rings. The van der Waals surface area contributed by atoms with E-state index in [2.05, 4.69) is 11.1 Å². The highest BCUT2D eigenvalue weighted by Crippen LogP contribution is 2.33. The smallest absolute Gasteiger partial charge is 0.124 e. The van der Waals surface area contributed by atoms with Gasteiger partial charge in [-0.3, -0.25) is 0 Å². The van der Waals surface area contributed by atoms with Gasteiger partial charge in [0.25, 0.3) is 0 Å². The quantitative estimate of drug-likeness (QED) is 0.596. The van der Waals surface area contributed by atoms with Crippen molar-refractivity contribution >= 4 is 28.4 Å². The number of halogens is 2. The van der Waals surface area contributed by atoms with Crippen LogP contribution in [0.15, 0.2) is 15.7 Å². The van der Waals surface area contributed by atoms with Crippen LogP contribution in [0, 0.1) is 23.2 Å². The molecule has 1 aliphatic heterocycles. The minimum atomic E-state index is -0.386. The SMILES string of the molecule is CC1=C(Cl)C(C)C(C#N)C(Cl)=N1. The highest BCUT2D eigenvalue weighted by Gasteiger charge is 2.28. The van der Waals surface area contributed by atoms with Crippen molar-refractivity contribution in [3.05, 3.63) is 10.7 Å². The van der Waals surface area contributed by atoms with Gasteiger partial charge in [-0.2, -0.15) is 5.26 Å². The van der Waals surface area contributed by atoms with Gasteiger partial charge in [0.15, 0.2) is 0 Å². The molecule has 0 aromatic rings. The van der Waals surface area contributed by atoms with Crippen LogP contribution in [-0.4, -0.2) is 5.17 Å². The molecule has 2 unspecified atom stereocenters. The summed E-state index contributed by atoms with van der Waals surface area (Å²) >= 11 is 11.7. The van der Waals surface area contributed by atoms with Crippen molar-refractivity contribution in [3.63, 3.8) is 0 Å². The second kappa shape index (κ2) is 3.47. The van der Waals surface area contributed by atoms with Gasteiger partial charge in [-0.1, -0.05) is 30.1 Å². The third-order valence-corrected chi connectivity index (χ3v) is 2.85. The molecule has 0 aliphatic carbocycles. The lowest BCUT2D eigenvalue weighted by Crippen LogP contribution is -2.21. The summed E-state index contributed by atoms with van der Waals surface area (Å²) < 4.78 is 0. The molecular formula is C8H8Cl2N2. The van der Waals surface area contributed by atoms with E-state index in [0.29, 0.717) is 15.9 Å². The highest BCUT2D eigenvalue weighted by atomic mass is 35.5. The fraction of sp³-hybridized carbons (Fsp3) is 0.500. The summed E-state index contributed by atoms with van der Waals surface area (Å²) in [5, 5.41) is 9.71. The summed E-state index contributed by atoms with van der Waals surface area (Å²) in [6.07, 6.45) is 0. The van der Waals surface area contributed by atoms with E-state index in [9.17, 15) is 0 Å². The van der Waals surface area contributed by atoms with Gasteiger partial charge in [-0.25, -0.2) is 4.99 Å². The summed E-state index contributed by atoms with van der Waals surface area (Å²) in [4.78, 5) is 3.97. The molecule has 1 rings (SSSR count). The summed E-state index contributed by atoms with van der Waals surface area (Å²) in [6, 6.07) is 2.07. The summed E-state index contributed by atoms with van der Waals surface area (Å²) in [5.74, 6) is -0.426. The Labute approximate surface area is 81.5 Å². The molecular weight excluding hydrogens is 195 g/mol. The van der Waals surface area contributed by atoms with Crippen LogP contribution >= 0.6 is 23.2 Å². The number of hydrogen-bond acceptors (Lipinski definition) is 2. The molecule has 0 N–H and O–H groups in total. The zero-order valence-corrected chi connectivity index (χ0v) is 8.32. The third kappa shape index (κ3) is 1.48. The Balaban J connectivity index is 3.08. The van der Waals surface area contributed by atoms with Gasteiger partial charge in [0.05, 0.1) is 11.8 Å². The van der Waals surface area contributed by atoms with Crippen LogP contribution in [0.2, 0.25) is 0 Å². The number of allylic oxidation sites excluding steroid dienone is 2. The van der Waals surface area contributed by atoms with Crippen LogP contribution in [-0.2, 0) is 0 Å². The number of rotatable bonds is 0. The maximum Gasteiger partial charge on any atom is 0.124 e. The normalized spacial score (nSPS) is 29.8. The van der Waals surface area contributed by atoms with Gasteiger partial charge >= 0.3 is 0 Å². The first-order chi connectivity index (χ1) is 5.57.